The van der Waals surface area contributed by atoms with Crippen molar-refractivity contribution in [2.75, 3.05) is 6.61 Å². The molecule has 2 rings (SSSR count). The van der Waals surface area contributed by atoms with Crippen LogP contribution in [-0.2, 0) is 11.2 Å². The van der Waals surface area contributed by atoms with Gasteiger partial charge in [0.1, 0.15) is 5.78 Å². The van der Waals surface area contributed by atoms with Crippen molar-refractivity contribution in [3.05, 3.63) is 35.9 Å². The summed E-state index contributed by atoms with van der Waals surface area (Å²) in [5.41, 5.74) is 0.656. The molecule has 0 aromatic heterocycles. The van der Waals surface area contributed by atoms with Crippen LogP contribution in [0.4, 0.5) is 0 Å². The number of carbonyl (C=O) groups excluding carboxylic acids is 1. The van der Waals surface area contributed by atoms with E-state index < -0.39 is 5.41 Å². The third-order valence-electron chi connectivity index (χ3n) is 3.34. The van der Waals surface area contributed by atoms with E-state index in [1.807, 2.05) is 30.3 Å². The molecule has 80 valence electrons. The number of aliphatic hydroxyl groups excluding tert-OH is 1. The SMILES string of the molecule is O=C1CCCC1(CO)Cc1ccccc1. The molecule has 1 aromatic carbocycles. The average molecular weight is 204 g/mol. The van der Waals surface area contributed by atoms with Crippen molar-refractivity contribution < 1.29 is 9.90 Å². The lowest BCUT2D eigenvalue weighted by molar-refractivity contribution is -0.127. The molecule has 1 unspecified atom stereocenters. The summed E-state index contributed by atoms with van der Waals surface area (Å²) in [7, 11) is 0. The summed E-state index contributed by atoms with van der Waals surface area (Å²) in [5, 5.41) is 9.43. The molecule has 0 amide bonds. The van der Waals surface area contributed by atoms with E-state index in [0.717, 1.165) is 18.4 Å². The number of Topliss-reactive ketones (excluding diaryl/α,β-unsaturated/α-hetero) is 1. The monoisotopic (exact) mass is 204 g/mol. The number of hydrogen-bond donors (Lipinski definition) is 1. The smallest absolute Gasteiger partial charge is 0.141 e. The summed E-state index contributed by atoms with van der Waals surface area (Å²) < 4.78 is 0. The van der Waals surface area contributed by atoms with Crippen molar-refractivity contribution in [1.29, 1.82) is 0 Å². The summed E-state index contributed by atoms with van der Waals surface area (Å²) >= 11 is 0. The number of rotatable bonds is 3. The lowest BCUT2D eigenvalue weighted by Crippen LogP contribution is -2.32. The van der Waals surface area contributed by atoms with E-state index in [2.05, 4.69) is 0 Å². The highest BCUT2D eigenvalue weighted by molar-refractivity contribution is 5.87. The molecule has 2 nitrogen and oxygen atoms in total. The quantitative estimate of drug-likeness (QED) is 0.817. The fourth-order valence-corrected chi connectivity index (χ4v) is 2.39. The molecule has 1 saturated carbocycles. The second-order valence-electron chi connectivity index (χ2n) is 4.38. The Balaban J connectivity index is 2.19. The maximum Gasteiger partial charge on any atom is 0.141 e. The Labute approximate surface area is 89.9 Å². The van der Waals surface area contributed by atoms with Crippen LogP contribution in [0.25, 0.3) is 0 Å². The first-order chi connectivity index (χ1) is 7.27. The minimum atomic E-state index is -0.485. The first-order valence-electron chi connectivity index (χ1n) is 5.45. The van der Waals surface area contributed by atoms with Gasteiger partial charge >= 0.3 is 0 Å². The first kappa shape index (κ1) is 10.4. The van der Waals surface area contributed by atoms with Crippen LogP contribution in [0.15, 0.2) is 30.3 Å². The van der Waals surface area contributed by atoms with Crippen molar-refractivity contribution in [2.24, 2.45) is 5.41 Å². The molecule has 15 heavy (non-hydrogen) atoms. The predicted octanol–water partition coefficient (Wildman–Crippen LogP) is 1.96. The highest BCUT2D eigenvalue weighted by atomic mass is 16.3. The molecule has 1 aliphatic rings. The highest BCUT2D eigenvalue weighted by Gasteiger charge is 2.41. The van der Waals surface area contributed by atoms with Crippen molar-refractivity contribution in [3.8, 4) is 0 Å². The van der Waals surface area contributed by atoms with Crippen LogP contribution in [0.1, 0.15) is 24.8 Å². The van der Waals surface area contributed by atoms with Crippen LogP contribution in [0, 0.1) is 5.41 Å². The van der Waals surface area contributed by atoms with Crippen LogP contribution in [0.3, 0.4) is 0 Å². The zero-order valence-electron chi connectivity index (χ0n) is 8.78. The number of aliphatic hydroxyl groups is 1. The van der Waals surface area contributed by atoms with Gasteiger partial charge < -0.3 is 5.11 Å². The van der Waals surface area contributed by atoms with Gasteiger partial charge in [-0.25, -0.2) is 0 Å². The summed E-state index contributed by atoms with van der Waals surface area (Å²) in [6, 6.07) is 9.94. The highest BCUT2D eigenvalue weighted by Crippen LogP contribution is 2.37. The molecule has 0 radical (unpaired) electrons. The Bertz CT molecular complexity index is 345. The van der Waals surface area contributed by atoms with Crippen molar-refractivity contribution in [1.82, 2.24) is 0 Å². The van der Waals surface area contributed by atoms with Gasteiger partial charge in [0.2, 0.25) is 0 Å². The number of benzene rings is 1. The van der Waals surface area contributed by atoms with Gasteiger partial charge in [0.05, 0.1) is 12.0 Å². The Morgan fingerprint density at radius 3 is 2.53 bits per heavy atom. The van der Waals surface area contributed by atoms with Gasteiger partial charge in [0.25, 0.3) is 0 Å². The van der Waals surface area contributed by atoms with E-state index in [-0.39, 0.29) is 12.4 Å². The van der Waals surface area contributed by atoms with E-state index in [1.54, 1.807) is 0 Å². The van der Waals surface area contributed by atoms with Crippen LogP contribution in [0.2, 0.25) is 0 Å². The lowest BCUT2D eigenvalue weighted by Gasteiger charge is -2.24. The standard InChI is InChI=1S/C13H16O2/c14-10-13(8-4-7-12(13)15)9-11-5-2-1-3-6-11/h1-3,5-6,14H,4,7-10H2. The zero-order valence-corrected chi connectivity index (χ0v) is 8.78. The second-order valence-corrected chi connectivity index (χ2v) is 4.38. The molecule has 1 atom stereocenters. The Kier molecular flexibility index (Phi) is 2.87. The van der Waals surface area contributed by atoms with Crippen molar-refractivity contribution >= 4 is 5.78 Å². The number of hydrogen-bond acceptors (Lipinski definition) is 2. The maximum absolute atomic E-state index is 11.8. The summed E-state index contributed by atoms with van der Waals surface area (Å²) in [5.74, 6) is 0.230. The minimum Gasteiger partial charge on any atom is -0.395 e. The van der Waals surface area contributed by atoms with E-state index in [1.165, 1.54) is 0 Å². The molecule has 1 N–H and O–H groups in total. The molecular weight excluding hydrogens is 188 g/mol. The third-order valence-corrected chi connectivity index (χ3v) is 3.34. The van der Waals surface area contributed by atoms with E-state index in [9.17, 15) is 9.90 Å². The van der Waals surface area contributed by atoms with Crippen LogP contribution in [-0.4, -0.2) is 17.5 Å². The third kappa shape index (κ3) is 1.95. The van der Waals surface area contributed by atoms with Crippen LogP contribution < -0.4 is 0 Å². The molecular formula is C13H16O2. The zero-order chi connectivity index (χ0) is 10.7. The van der Waals surface area contributed by atoms with Gasteiger partial charge in [-0.15, -0.1) is 0 Å². The van der Waals surface area contributed by atoms with Gasteiger partial charge in [0, 0.05) is 6.42 Å². The largest absolute Gasteiger partial charge is 0.395 e. The Morgan fingerprint density at radius 1 is 1.27 bits per heavy atom. The fourth-order valence-electron chi connectivity index (χ4n) is 2.39. The minimum absolute atomic E-state index is 0.0132. The van der Waals surface area contributed by atoms with Gasteiger partial charge in [-0.05, 0) is 24.8 Å². The predicted molar refractivity (Wildman–Crippen MR) is 58.5 cm³/mol. The van der Waals surface area contributed by atoms with E-state index >= 15 is 0 Å². The van der Waals surface area contributed by atoms with E-state index in [0.29, 0.717) is 12.8 Å². The molecule has 1 aromatic rings. The molecule has 0 bridgehead atoms. The average Bonchev–Trinajstić information content (AvgIpc) is 2.62. The summed E-state index contributed by atoms with van der Waals surface area (Å²) in [4.78, 5) is 11.8. The van der Waals surface area contributed by atoms with Crippen molar-refractivity contribution in [2.45, 2.75) is 25.7 Å². The van der Waals surface area contributed by atoms with Gasteiger partial charge in [-0.3, -0.25) is 4.79 Å². The summed E-state index contributed by atoms with van der Waals surface area (Å²) in [6.45, 7) is -0.0132. The van der Waals surface area contributed by atoms with E-state index in [4.69, 9.17) is 0 Å². The molecule has 0 heterocycles. The van der Waals surface area contributed by atoms with Gasteiger partial charge in [-0.2, -0.15) is 0 Å². The lowest BCUT2D eigenvalue weighted by atomic mass is 9.80. The normalized spacial score (nSPS) is 25.8. The molecule has 0 spiro atoms. The molecule has 1 aliphatic carbocycles. The molecule has 0 saturated heterocycles. The number of carbonyl (C=O) groups is 1. The topological polar surface area (TPSA) is 37.3 Å². The Hall–Kier alpha value is -1.15. The van der Waals surface area contributed by atoms with Gasteiger partial charge in [-0.1, -0.05) is 30.3 Å². The molecule has 0 aliphatic heterocycles. The number of ketones is 1. The van der Waals surface area contributed by atoms with Crippen molar-refractivity contribution in [3.63, 3.8) is 0 Å². The maximum atomic E-state index is 11.8. The van der Waals surface area contributed by atoms with Crippen LogP contribution in [0.5, 0.6) is 0 Å². The molecule has 2 heteroatoms. The summed E-state index contributed by atoms with van der Waals surface area (Å²) in [6.07, 6.45) is 3.07. The van der Waals surface area contributed by atoms with Gasteiger partial charge in [0.15, 0.2) is 0 Å². The fraction of sp³-hybridized carbons (Fsp3) is 0.462. The second kappa shape index (κ2) is 4.15. The molecule has 1 fully saturated rings. The van der Waals surface area contributed by atoms with Crippen LogP contribution >= 0.6 is 0 Å². The first-order valence-corrected chi connectivity index (χ1v) is 5.45. The Morgan fingerprint density at radius 2 is 2.00 bits per heavy atom.